The molecular formula is C27H27N3O2S. The largest absolute Gasteiger partial charge is 0.494 e. The zero-order chi connectivity index (χ0) is 22.6. The summed E-state index contributed by atoms with van der Waals surface area (Å²) >= 11 is 1.68. The highest BCUT2D eigenvalue weighted by Gasteiger charge is 2.30. The summed E-state index contributed by atoms with van der Waals surface area (Å²) in [7, 11) is 0. The second-order valence-electron chi connectivity index (χ2n) is 8.13. The van der Waals surface area contributed by atoms with E-state index in [0.29, 0.717) is 19.7 Å². The molecule has 3 aromatic carbocycles. The van der Waals surface area contributed by atoms with Crippen LogP contribution in [0.25, 0.3) is 10.2 Å². The molecule has 0 saturated carbocycles. The van der Waals surface area contributed by atoms with Crippen LogP contribution in [0.2, 0.25) is 0 Å². The Balaban J connectivity index is 1.31. The monoisotopic (exact) mass is 457 g/mol. The van der Waals surface area contributed by atoms with E-state index in [0.717, 1.165) is 45.3 Å². The Morgan fingerprint density at radius 2 is 1.58 bits per heavy atom. The van der Waals surface area contributed by atoms with Crippen LogP contribution < -0.4 is 9.64 Å². The van der Waals surface area contributed by atoms with Crippen molar-refractivity contribution in [3.63, 3.8) is 0 Å². The van der Waals surface area contributed by atoms with Crippen molar-refractivity contribution in [1.82, 2.24) is 9.88 Å². The van der Waals surface area contributed by atoms with Gasteiger partial charge < -0.3 is 14.5 Å². The number of amides is 1. The van der Waals surface area contributed by atoms with E-state index >= 15 is 0 Å². The molecule has 5 nitrogen and oxygen atoms in total. The van der Waals surface area contributed by atoms with Crippen molar-refractivity contribution < 1.29 is 9.53 Å². The van der Waals surface area contributed by atoms with Crippen LogP contribution in [0.15, 0.2) is 78.9 Å². The number of carbonyl (C=O) groups is 1. The van der Waals surface area contributed by atoms with E-state index in [9.17, 15) is 4.79 Å². The first-order valence-corrected chi connectivity index (χ1v) is 12.2. The van der Waals surface area contributed by atoms with Crippen molar-refractivity contribution in [2.24, 2.45) is 0 Å². The molecule has 33 heavy (non-hydrogen) atoms. The number of carbonyl (C=O) groups excluding carboxylic acids is 1. The van der Waals surface area contributed by atoms with E-state index in [4.69, 9.17) is 9.72 Å². The molecule has 1 aliphatic heterocycles. The summed E-state index contributed by atoms with van der Waals surface area (Å²) in [4.78, 5) is 22.8. The van der Waals surface area contributed by atoms with Gasteiger partial charge in [-0.1, -0.05) is 72.0 Å². The Kier molecular flexibility index (Phi) is 6.26. The number of anilines is 1. The lowest BCUT2D eigenvalue weighted by atomic mass is 9.90. The molecule has 0 bridgehead atoms. The number of piperazine rings is 1. The van der Waals surface area contributed by atoms with E-state index in [2.05, 4.69) is 11.0 Å². The average Bonchev–Trinajstić information content (AvgIpc) is 3.29. The summed E-state index contributed by atoms with van der Waals surface area (Å²) in [5, 5.41) is 1.01. The van der Waals surface area contributed by atoms with Gasteiger partial charge in [-0.15, -0.1) is 0 Å². The topological polar surface area (TPSA) is 45.7 Å². The third-order valence-corrected chi connectivity index (χ3v) is 7.11. The summed E-state index contributed by atoms with van der Waals surface area (Å²) in [6, 6.07) is 26.2. The lowest BCUT2D eigenvalue weighted by molar-refractivity contribution is -0.132. The molecule has 0 aliphatic carbocycles. The zero-order valence-corrected chi connectivity index (χ0v) is 19.5. The van der Waals surface area contributed by atoms with E-state index in [1.165, 1.54) is 0 Å². The van der Waals surface area contributed by atoms with Gasteiger partial charge in [0.05, 0.1) is 22.7 Å². The summed E-state index contributed by atoms with van der Waals surface area (Å²) in [5.41, 5.74) is 3.06. The number of hydrogen-bond donors (Lipinski definition) is 0. The highest BCUT2D eigenvalue weighted by molar-refractivity contribution is 7.22. The van der Waals surface area contributed by atoms with Gasteiger partial charge in [0.15, 0.2) is 5.13 Å². The number of aromatic nitrogens is 1. The second kappa shape index (κ2) is 9.63. The molecule has 0 N–H and O–H groups in total. The maximum atomic E-state index is 13.7. The molecule has 4 aromatic rings. The summed E-state index contributed by atoms with van der Waals surface area (Å²) in [6.45, 7) is 5.58. The number of fused-ring (bicyclic) bond motifs is 1. The van der Waals surface area contributed by atoms with Gasteiger partial charge in [0.1, 0.15) is 5.75 Å². The molecule has 0 unspecified atom stereocenters. The van der Waals surface area contributed by atoms with Crippen LogP contribution in [0.3, 0.4) is 0 Å². The van der Waals surface area contributed by atoms with Crippen LogP contribution in [0.5, 0.6) is 5.75 Å². The summed E-state index contributed by atoms with van der Waals surface area (Å²) in [6.07, 6.45) is 0. The highest BCUT2D eigenvalue weighted by Crippen LogP contribution is 2.33. The predicted octanol–water partition coefficient (Wildman–Crippen LogP) is 5.18. The van der Waals surface area contributed by atoms with Crippen molar-refractivity contribution in [3.8, 4) is 5.75 Å². The number of thiazole rings is 1. The molecule has 2 heterocycles. The number of benzene rings is 3. The maximum absolute atomic E-state index is 13.7. The normalized spacial score (nSPS) is 14.1. The number of nitrogens with zero attached hydrogens (tertiary/aromatic N) is 3. The van der Waals surface area contributed by atoms with Crippen LogP contribution in [0, 0.1) is 0 Å². The Hall–Kier alpha value is -3.38. The van der Waals surface area contributed by atoms with Gasteiger partial charge in [0, 0.05) is 26.2 Å². The fourth-order valence-electron chi connectivity index (χ4n) is 4.35. The van der Waals surface area contributed by atoms with Crippen LogP contribution in [0.1, 0.15) is 24.0 Å². The molecular weight excluding hydrogens is 430 g/mol. The van der Waals surface area contributed by atoms with Gasteiger partial charge in [-0.2, -0.15) is 0 Å². The first kappa shape index (κ1) is 21.5. The zero-order valence-electron chi connectivity index (χ0n) is 18.7. The number of ether oxygens (including phenoxy) is 1. The molecule has 0 spiro atoms. The smallest absolute Gasteiger partial charge is 0.234 e. The van der Waals surface area contributed by atoms with Crippen molar-refractivity contribution in [1.29, 1.82) is 0 Å². The van der Waals surface area contributed by atoms with Gasteiger partial charge in [-0.05, 0) is 36.2 Å². The highest BCUT2D eigenvalue weighted by atomic mass is 32.1. The summed E-state index contributed by atoms with van der Waals surface area (Å²) in [5.74, 6) is 0.763. The van der Waals surface area contributed by atoms with E-state index < -0.39 is 0 Å². The molecule has 1 aliphatic rings. The lowest BCUT2D eigenvalue weighted by Gasteiger charge is -2.36. The van der Waals surface area contributed by atoms with Crippen LogP contribution in [0.4, 0.5) is 5.13 Å². The Morgan fingerprint density at radius 3 is 2.18 bits per heavy atom. The Labute approximate surface area is 198 Å². The number of hydrogen-bond acceptors (Lipinski definition) is 5. The molecule has 1 fully saturated rings. The third-order valence-electron chi connectivity index (χ3n) is 6.03. The van der Waals surface area contributed by atoms with Crippen molar-refractivity contribution in [2.45, 2.75) is 12.8 Å². The van der Waals surface area contributed by atoms with E-state index in [-0.39, 0.29) is 11.8 Å². The third kappa shape index (κ3) is 4.57. The fraction of sp³-hybridized carbons (Fsp3) is 0.259. The van der Waals surface area contributed by atoms with E-state index in [1.807, 2.05) is 84.6 Å². The molecule has 6 heteroatoms. The first-order chi connectivity index (χ1) is 16.2. The van der Waals surface area contributed by atoms with Gasteiger partial charge in [-0.3, -0.25) is 4.79 Å². The minimum Gasteiger partial charge on any atom is -0.494 e. The van der Waals surface area contributed by atoms with Gasteiger partial charge in [-0.25, -0.2) is 4.98 Å². The van der Waals surface area contributed by atoms with Crippen molar-refractivity contribution >= 4 is 32.6 Å². The first-order valence-electron chi connectivity index (χ1n) is 11.4. The maximum Gasteiger partial charge on any atom is 0.234 e. The van der Waals surface area contributed by atoms with Crippen LogP contribution in [-0.2, 0) is 4.79 Å². The van der Waals surface area contributed by atoms with Gasteiger partial charge in [0.25, 0.3) is 0 Å². The fourth-order valence-corrected chi connectivity index (χ4v) is 5.40. The second-order valence-corrected chi connectivity index (χ2v) is 9.13. The van der Waals surface area contributed by atoms with Crippen molar-refractivity contribution in [3.05, 3.63) is 90.0 Å². The minimum absolute atomic E-state index is 0.165. The number of rotatable bonds is 6. The molecule has 5 rings (SSSR count). The lowest BCUT2D eigenvalue weighted by Crippen LogP contribution is -2.50. The molecule has 0 atom stereocenters. The molecule has 1 amide bonds. The van der Waals surface area contributed by atoms with E-state index in [1.54, 1.807) is 11.3 Å². The molecule has 1 saturated heterocycles. The quantitative estimate of drug-likeness (QED) is 0.400. The van der Waals surface area contributed by atoms with Gasteiger partial charge >= 0.3 is 0 Å². The Bertz CT molecular complexity index is 1180. The average molecular weight is 458 g/mol. The Morgan fingerprint density at radius 1 is 0.939 bits per heavy atom. The van der Waals surface area contributed by atoms with Gasteiger partial charge in [0.2, 0.25) is 5.91 Å². The summed E-state index contributed by atoms with van der Waals surface area (Å²) < 4.78 is 6.75. The minimum atomic E-state index is -0.279. The SMILES string of the molecule is CCOc1ccc2nc(N3CCN(C(=O)C(c4ccccc4)c4ccccc4)CC3)sc2c1. The predicted molar refractivity (Wildman–Crippen MR) is 134 cm³/mol. The van der Waals surface area contributed by atoms with Crippen LogP contribution in [-0.4, -0.2) is 48.6 Å². The molecule has 168 valence electrons. The van der Waals surface area contributed by atoms with Crippen molar-refractivity contribution in [2.75, 3.05) is 37.7 Å². The molecule has 0 radical (unpaired) electrons. The molecule has 1 aromatic heterocycles. The van der Waals surface area contributed by atoms with Crippen LogP contribution >= 0.6 is 11.3 Å². The standard InChI is InChI=1S/C27H27N3O2S/c1-2-32-22-13-14-23-24(19-22)33-27(28-23)30-17-15-29(16-18-30)26(31)25(20-9-5-3-6-10-20)21-11-7-4-8-12-21/h3-14,19,25H,2,15-18H2,1H3.